The van der Waals surface area contributed by atoms with Crippen LogP contribution < -0.4 is 16.8 Å². The maximum Gasteiger partial charge on any atom is 0.184 e. The number of benzene rings is 3. The second kappa shape index (κ2) is 15.4. The van der Waals surface area contributed by atoms with Gasteiger partial charge in [0.2, 0.25) is 0 Å². The molecule has 0 saturated heterocycles. The summed E-state index contributed by atoms with van der Waals surface area (Å²) in [6.45, 7) is 7.07. The van der Waals surface area contributed by atoms with Gasteiger partial charge < -0.3 is 21.5 Å². The fourth-order valence-electron chi connectivity index (χ4n) is 3.97. The number of nitrogens with one attached hydrogen (secondary N) is 1. The van der Waals surface area contributed by atoms with Crippen molar-refractivity contribution in [3.63, 3.8) is 0 Å². The summed E-state index contributed by atoms with van der Waals surface area (Å²) in [5.74, 6) is 0.438. The summed E-state index contributed by atoms with van der Waals surface area (Å²) in [6, 6.07) is 25.0. The highest BCUT2D eigenvalue weighted by Gasteiger charge is 2.23. The Kier molecular flexibility index (Phi) is 11.7. The van der Waals surface area contributed by atoms with Crippen LogP contribution in [0.1, 0.15) is 56.7 Å². The third-order valence-electron chi connectivity index (χ3n) is 6.12. The molecule has 6 nitrogen and oxygen atoms in total. The van der Waals surface area contributed by atoms with Gasteiger partial charge in [0.05, 0.1) is 17.4 Å². The molecule has 4 aromatic rings. The normalized spacial score (nSPS) is 13.2. The lowest BCUT2D eigenvalue weighted by molar-refractivity contribution is 0.194. The number of para-hydroxylation sites is 1. The maximum absolute atomic E-state index is 6.02. The number of aromatic nitrogens is 2. The summed E-state index contributed by atoms with van der Waals surface area (Å²) in [5, 5.41) is 8.75. The monoisotopic (exact) mass is 525 g/mol. The number of allylic oxidation sites excluding steroid dienone is 2. The minimum Gasteiger partial charge on any atom is -0.476 e. The van der Waals surface area contributed by atoms with Crippen molar-refractivity contribution in [1.29, 1.82) is 0 Å². The van der Waals surface area contributed by atoms with E-state index in [-0.39, 0.29) is 0 Å². The van der Waals surface area contributed by atoms with E-state index >= 15 is 0 Å². The number of hydrogen-bond acceptors (Lipinski definition) is 5. The first-order valence-corrected chi connectivity index (χ1v) is 13.9. The van der Waals surface area contributed by atoms with E-state index in [0.717, 1.165) is 54.4 Å². The second-order valence-electron chi connectivity index (χ2n) is 9.27. The van der Waals surface area contributed by atoms with Gasteiger partial charge in [0, 0.05) is 17.6 Å². The lowest BCUT2D eigenvalue weighted by Crippen LogP contribution is -2.05. The van der Waals surface area contributed by atoms with Gasteiger partial charge >= 0.3 is 0 Å². The molecule has 39 heavy (non-hydrogen) atoms. The molecule has 3 aromatic carbocycles. The minimum absolute atomic E-state index is 0.319. The Morgan fingerprint density at radius 1 is 0.949 bits per heavy atom. The van der Waals surface area contributed by atoms with E-state index in [2.05, 4.69) is 65.9 Å². The highest BCUT2D eigenvalue weighted by atomic mass is 16.5. The zero-order valence-corrected chi connectivity index (χ0v) is 23.7. The van der Waals surface area contributed by atoms with Gasteiger partial charge in [-0.15, -0.1) is 0 Å². The van der Waals surface area contributed by atoms with Crippen molar-refractivity contribution in [2.24, 2.45) is 11.5 Å². The first kappa shape index (κ1) is 29.5. The Labute approximate surface area is 233 Å². The largest absolute Gasteiger partial charge is 0.476 e. The third kappa shape index (κ3) is 9.04. The van der Waals surface area contributed by atoms with Crippen molar-refractivity contribution in [2.45, 2.75) is 59.1 Å². The van der Waals surface area contributed by atoms with Crippen LogP contribution in [-0.2, 0) is 17.7 Å². The van der Waals surface area contributed by atoms with Crippen molar-refractivity contribution >= 4 is 16.6 Å². The summed E-state index contributed by atoms with van der Waals surface area (Å²) in [4.78, 5) is 0. The maximum atomic E-state index is 6.02. The van der Waals surface area contributed by atoms with Crippen LogP contribution in [0, 0.1) is 0 Å². The number of nitrogens with two attached hydrogens (primary N) is 2. The van der Waals surface area contributed by atoms with E-state index in [1.807, 2.05) is 56.0 Å². The molecule has 0 aliphatic heterocycles. The van der Waals surface area contributed by atoms with Gasteiger partial charge in [-0.25, -0.2) is 4.68 Å². The van der Waals surface area contributed by atoms with Crippen LogP contribution in [-0.4, -0.2) is 22.9 Å². The first-order valence-electron chi connectivity index (χ1n) is 13.9. The average Bonchev–Trinajstić information content (AvgIpc) is 3.69. The standard InChI is InChI=1S/C16H22N2O.C15H15N3.C2H6/c1-2-3-12-4-6-13(7-5-12)15(17)10-11-16(18)19-14-8-9-14;1-16-10-12-6-8-14(9-7-12)18-15-5-3-2-4-13(15)11-17-18;1-2/h4-7,10-11,14H,2-3,8-9,17-18H2,1H3;2-9,11,16H,10H2,1H3;1-2H3/b15-10-,16-11+;;. The van der Waals surface area contributed by atoms with Crippen LogP contribution in [0.15, 0.2) is 97.0 Å². The van der Waals surface area contributed by atoms with Crippen LogP contribution in [0.2, 0.25) is 0 Å². The Morgan fingerprint density at radius 3 is 2.26 bits per heavy atom. The number of hydrogen-bond donors (Lipinski definition) is 3. The molecular formula is C33H43N5O. The molecule has 0 atom stereocenters. The van der Waals surface area contributed by atoms with Gasteiger partial charge in [0.1, 0.15) is 6.10 Å². The van der Waals surface area contributed by atoms with Crippen molar-refractivity contribution in [2.75, 3.05) is 7.05 Å². The molecule has 1 fully saturated rings. The van der Waals surface area contributed by atoms with Crippen LogP contribution in [0.25, 0.3) is 22.3 Å². The molecule has 0 radical (unpaired) electrons. The predicted molar refractivity (Wildman–Crippen MR) is 164 cm³/mol. The molecule has 1 heterocycles. The lowest BCUT2D eigenvalue weighted by atomic mass is 10.1. The topological polar surface area (TPSA) is 91.1 Å². The quantitative estimate of drug-likeness (QED) is 0.167. The summed E-state index contributed by atoms with van der Waals surface area (Å²) in [6.07, 6.45) is 10.2. The van der Waals surface area contributed by atoms with Gasteiger partial charge in [-0.1, -0.05) is 81.8 Å². The highest BCUT2D eigenvalue weighted by Crippen LogP contribution is 2.25. The number of fused-ring (bicyclic) bond motifs is 1. The Balaban J connectivity index is 0.000000203. The van der Waals surface area contributed by atoms with Crippen molar-refractivity contribution in [1.82, 2.24) is 15.1 Å². The van der Waals surface area contributed by atoms with Gasteiger partial charge in [0.25, 0.3) is 0 Å². The van der Waals surface area contributed by atoms with Crippen LogP contribution in [0.4, 0.5) is 0 Å². The Hall–Kier alpha value is -4.03. The Bertz CT molecular complexity index is 1330. The molecular weight excluding hydrogens is 482 g/mol. The van der Waals surface area contributed by atoms with E-state index in [1.165, 1.54) is 11.1 Å². The minimum atomic E-state index is 0.319. The molecule has 0 spiro atoms. The number of ether oxygens (including phenoxy) is 1. The van der Waals surface area contributed by atoms with Crippen LogP contribution >= 0.6 is 0 Å². The van der Waals surface area contributed by atoms with E-state index in [0.29, 0.717) is 17.7 Å². The summed E-state index contributed by atoms with van der Waals surface area (Å²) < 4.78 is 7.41. The van der Waals surface area contributed by atoms with E-state index in [1.54, 1.807) is 12.2 Å². The smallest absolute Gasteiger partial charge is 0.184 e. The molecule has 0 unspecified atom stereocenters. The predicted octanol–water partition coefficient (Wildman–Crippen LogP) is 6.69. The van der Waals surface area contributed by atoms with Gasteiger partial charge in [-0.3, -0.25) is 0 Å². The van der Waals surface area contributed by atoms with Crippen LogP contribution in [0.5, 0.6) is 0 Å². The summed E-state index contributed by atoms with van der Waals surface area (Å²) in [5.41, 5.74) is 18.3. The van der Waals surface area contributed by atoms with Gasteiger partial charge in [-0.05, 0) is 73.4 Å². The summed E-state index contributed by atoms with van der Waals surface area (Å²) in [7, 11) is 1.95. The SMILES string of the molecule is CC.CCCc1ccc(/C(N)=C/C=C(\N)OC2CC2)cc1.CNCc1ccc(-n2ncc3ccccc32)cc1. The fourth-order valence-corrected chi connectivity index (χ4v) is 3.97. The molecule has 1 aromatic heterocycles. The molecule has 5 rings (SSSR count). The Morgan fingerprint density at radius 2 is 1.62 bits per heavy atom. The number of aryl methyl sites for hydroxylation is 1. The molecule has 1 aliphatic rings. The number of rotatable bonds is 9. The molecule has 206 valence electrons. The lowest BCUT2D eigenvalue weighted by Gasteiger charge is -2.05. The van der Waals surface area contributed by atoms with E-state index < -0.39 is 0 Å². The molecule has 6 heteroatoms. The van der Waals surface area contributed by atoms with Crippen LogP contribution in [0.3, 0.4) is 0 Å². The zero-order chi connectivity index (χ0) is 28.0. The summed E-state index contributed by atoms with van der Waals surface area (Å²) >= 11 is 0. The fraction of sp³-hybridized carbons (Fsp3) is 0.303. The number of nitrogens with zero attached hydrogens (tertiary/aromatic N) is 2. The zero-order valence-electron chi connectivity index (χ0n) is 23.7. The van der Waals surface area contributed by atoms with Gasteiger partial charge in [0.15, 0.2) is 5.88 Å². The molecule has 1 aliphatic carbocycles. The van der Waals surface area contributed by atoms with Crippen molar-refractivity contribution in [3.05, 3.63) is 114 Å². The molecule has 5 N–H and O–H groups in total. The molecule has 1 saturated carbocycles. The van der Waals surface area contributed by atoms with E-state index in [4.69, 9.17) is 16.2 Å². The van der Waals surface area contributed by atoms with Crippen molar-refractivity contribution < 1.29 is 4.74 Å². The highest BCUT2D eigenvalue weighted by molar-refractivity contribution is 5.80. The molecule has 0 amide bonds. The van der Waals surface area contributed by atoms with Crippen molar-refractivity contribution in [3.8, 4) is 5.69 Å². The molecule has 0 bridgehead atoms. The second-order valence-corrected chi connectivity index (χ2v) is 9.27. The first-order chi connectivity index (χ1) is 19.1. The third-order valence-corrected chi connectivity index (χ3v) is 6.12. The van der Waals surface area contributed by atoms with Gasteiger partial charge in [-0.2, -0.15) is 5.10 Å². The average molecular weight is 526 g/mol. The van der Waals surface area contributed by atoms with E-state index in [9.17, 15) is 0 Å².